The first-order chi connectivity index (χ1) is 8.09. The first-order valence-corrected chi connectivity index (χ1v) is 5.44. The van der Waals surface area contributed by atoms with Gasteiger partial charge in [0, 0.05) is 13.5 Å². The number of nitrogens with zero attached hydrogens (tertiary/aromatic N) is 2. The smallest absolute Gasteiger partial charge is 0.303 e. The fourth-order valence-corrected chi connectivity index (χ4v) is 1.92. The number of carboxylic acid groups (broad SMARTS) is 1. The second-order valence-electron chi connectivity index (χ2n) is 3.60. The zero-order valence-corrected chi connectivity index (χ0v) is 9.94. The number of halogens is 1. The van der Waals surface area contributed by atoms with Crippen molar-refractivity contribution in [1.29, 1.82) is 0 Å². The number of hydrogen-bond donors (Lipinski definition) is 1. The van der Waals surface area contributed by atoms with Crippen molar-refractivity contribution in [3.05, 3.63) is 29.2 Å². The highest BCUT2D eigenvalue weighted by atomic mass is 35.5. The largest absolute Gasteiger partial charge is 0.481 e. The molecule has 0 bridgehead atoms. The number of aromatic nitrogens is 2. The van der Waals surface area contributed by atoms with E-state index in [1.54, 1.807) is 30.0 Å². The summed E-state index contributed by atoms with van der Waals surface area (Å²) in [6.07, 6.45) is 1.92. The standard InChI is InChI=1S/C11H11ClN2O3/c1-14-7(4-5-9(15)16)10(12)13-11(14)8-3-2-6-17-8/h2-3,6H,4-5H2,1H3,(H,15,16). The second kappa shape index (κ2) is 4.63. The minimum absolute atomic E-state index is 0.0247. The van der Waals surface area contributed by atoms with Crippen molar-refractivity contribution < 1.29 is 14.3 Å². The van der Waals surface area contributed by atoms with Gasteiger partial charge in [-0.2, -0.15) is 0 Å². The molecule has 2 aromatic heterocycles. The first-order valence-electron chi connectivity index (χ1n) is 5.06. The van der Waals surface area contributed by atoms with Gasteiger partial charge in [-0.25, -0.2) is 4.98 Å². The van der Waals surface area contributed by atoms with Gasteiger partial charge >= 0.3 is 5.97 Å². The van der Waals surface area contributed by atoms with Crippen LogP contribution in [0.25, 0.3) is 11.6 Å². The molecular weight excluding hydrogens is 244 g/mol. The molecule has 2 heterocycles. The highest BCUT2D eigenvalue weighted by Gasteiger charge is 2.16. The molecule has 0 aromatic carbocycles. The number of carboxylic acids is 1. The molecule has 5 nitrogen and oxygen atoms in total. The summed E-state index contributed by atoms with van der Waals surface area (Å²) >= 11 is 5.98. The maximum Gasteiger partial charge on any atom is 0.303 e. The van der Waals surface area contributed by atoms with E-state index in [4.69, 9.17) is 21.1 Å². The lowest BCUT2D eigenvalue weighted by Crippen LogP contribution is -2.03. The lowest BCUT2D eigenvalue weighted by molar-refractivity contribution is -0.136. The summed E-state index contributed by atoms with van der Waals surface area (Å²) in [5.41, 5.74) is 0.695. The van der Waals surface area contributed by atoms with Crippen LogP contribution in [0.3, 0.4) is 0 Å². The van der Waals surface area contributed by atoms with Gasteiger partial charge in [-0.3, -0.25) is 4.79 Å². The number of furan rings is 1. The Morgan fingerprint density at radius 2 is 2.41 bits per heavy atom. The summed E-state index contributed by atoms with van der Waals surface area (Å²) in [6.45, 7) is 0. The highest BCUT2D eigenvalue weighted by Crippen LogP contribution is 2.25. The molecule has 17 heavy (non-hydrogen) atoms. The number of rotatable bonds is 4. The Kier molecular flexibility index (Phi) is 3.19. The quantitative estimate of drug-likeness (QED) is 0.909. The minimum Gasteiger partial charge on any atom is -0.481 e. The monoisotopic (exact) mass is 254 g/mol. The van der Waals surface area contributed by atoms with Gasteiger partial charge in [0.05, 0.1) is 18.4 Å². The Balaban J connectivity index is 2.32. The number of aliphatic carboxylic acids is 1. The van der Waals surface area contributed by atoms with Crippen LogP contribution in [0.4, 0.5) is 0 Å². The predicted octanol–water partition coefficient (Wildman–Crippen LogP) is 2.35. The van der Waals surface area contributed by atoms with Gasteiger partial charge < -0.3 is 14.1 Å². The molecule has 0 radical (unpaired) electrons. The fraction of sp³-hybridized carbons (Fsp3) is 0.273. The summed E-state index contributed by atoms with van der Waals surface area (Å²) in [6, 6.07) is 3.54. The zero-order valence-electron chi connectivity index (χ0n) is 9.18. The molecule has 2 aromatic rings. The van der Waals surface area contributed by atoms with Gasteiger partial charge in [0.25, 0.3) is 0 Å². The van der Waals surface area contributed by atoms with Crippen LogP contribution in [0.1, 0.15) is 12.1 Å². The fourth-order valence-electron chi connectivity index (χ4n) is 1.62. The van der Waals surface area contributed by atoms with Crippen LogP contribution in [-0.2, 0) is 18.3 Å². The molecule has 2 rings (SSSR count). The van der Waals surface area contributed by atoms with Crippen LogP contribution in [0, 0.1) is 0 Å². The molecule has 0 fully saturated rings. The third-order valence-electron chi connectivity index (χ3n) is 2.48. The normalized spacial score (nSPS) is 10.7. The third kappa shape index (κ3) is 2.34. The van der Waals surface area contributed by atoms with Gasteiger partial charge in [0.1, 0.15) is 0 Å². The van der Waals surface area contributed by atoms with E-state index < -0.39 is 5.97 Å². The SMILES string of the molecule is Cn1c(-c2ccco2)nc(Cl)c1CCC(=O)O. The van der Waals surface area contributed by atoms with Gasteiger partial charge in [-0.1, -0.05) is 11.6 Å². The van der Waals surface area contributed by atoms with E-state index in [-0.39, 0.29) is 6.42 Å². The van der Waals surface area contributed by atoms with E-state index in [0.29, 0.717) is 28.9 Å². The molecule has 1 N–H and O–H groups in total. The van der Waals surface area contributed by atoms with Gasteiger partial charge in [-0.05, 0) is 12.1 Å². The molecule has 0 aliphatic carbocycles. The number of hydrogen-bond acceptors (Lipinski definition) is 3. The molecule has 6 heteroatoms. The van der Waals surface area contributed by atoms with Gasteiger partial charge in [0.2, 0.25) is 0 Å². The molecule has 0 spiro atoms. The maximum atomic E-state index is 10.5. The zero-order chi connectivity index (χ0) is 12.4. The van der Waals surface area contributed by atoms with E-state index in [2.05, 4.69) is 4.98 Å². The average molecular weight is 255 g/mol. The van der Waals surface area contributed by atoms with Gasteiger partial charge in [0.15, 0.2) is 16.7 Å². The molecule has 0 aliphatic heterocycles. The summed E-state index contributed by atoms with van der Waals surface area (Å²) in [4.78, 5) is 14.7. The number of imidazole rings is 1. The van der Waals surface area contributed by atoms with E-state index in [9.17, 15) is 4.79 Å². The summed E-state index contributed by atoms with van der Waals surface area (Å²) < 4.78 is 6.99. The highest BCUT2D eigenvalue weighted by molar-refractivity contribution is 6.30. The molecule has 0 saturated heterocycles. The molecule has 90 valence electrons. The van der Waals surface area contributed by atoms with Crippen molar-refractivity contribution in [3.8, 4) is 11.6 Å². The van der Waals surface area contributed by atoms with Crippen LogP contribution in [-0.4, -0.2) is 20.6 Å². The molecule has 0 atom stereocenters. The van der Waals surface area contributed by atoms with Crippen LogP contribution in [0.2, 0.25) is 5.15 Å². The lowest BCUT2D eigenvalue weighted by atomic mass is 10.2. The van der Waals surface area contributed by atoms with Crippen molar-refractivity contribution in [2.75, 3.05) is 0 Å². The van der Waals surface area contributed by atoms with E-state index in [1.165, 1.54) is 0 Å². The van der Waals surface area contributed by atoms with E-state index >= 15 is 0 Å². The summed E-state index contributed by atoms with van der Waals surface area (Å²) in [5.74, 6) is 0.346. The topological polar surface area (TPSA) is 68.3 Å². The Labute approximate surface area is 103 Å². The molecule has 0 unspecified atom stereocenters. The second-order valence-corrected chi connectivity index (χ2v) is 3.96. The van der Waals surface area contributed by atoms with E-state index in [0.717, 1.165) is 0 Å². The Morgan fingerprint density at radius 3 is 3.00 bits per heavy atom. The van der Waals surface area contributed by atoms with Gasteiger partial charge in [-0.15, -0.1) is 0 Å². The minimum atomic E-state index is -0.859. The molecule has 0 amide bonds. The average Bonchev–Trinajstić information content (AvgIpc) is 2.85. The van der Waals surface area contributed by atoms with Crippen LogP contribution in [0.15, 0.2) is 22.8 Å². The molecule has 0 aliphatic rings. The molecule has 0 saturated carbocycles. The van der Waals surface area contributed by atoms with Crippen molar-refractivity contribution in [2.45, 2.75) is 12.8 Å². The lowest BCUT2D eigenvalue weighted by Gasteiger charge is -2.02. The van der Waals surface area contributed by atoms with Crippen molar-refractivity contribution >= 4 is 17.6 Å². The van der Waals surface area contributed by atoms with Crippen LogP contribution < -0.4 is 0 Å². The Bertz CT molecular complexity index is 531. The summed E-state index contributed by atoms with van der Waals surface area (Å²) in [7, 11) is 1.79. The van der Waals surface area contributed by atoms with Crippen molar-refractivity contribution in [1.82, 2.24) is 9.55 Å². The van der Waals surface area contributed by atoms with Crippen LogP contribution in [0.5, 0.6) is 0 Å². The van der Waals surface area contributed by atoms with Crippen molar-refractivity contribution in [2.24, 2.45) is 7.05 Å². The first kappa shape index (κ1) is 11.7. The Hall–Kier alpha value is -1.75. The molecular formula is C11H11ClN2O3. The van der Waals surface area contributed by atoms with Crippen LogP contribution >= 0.6 is 11.6 Å². The third-order valence-corrected chi connectivity index (χ3v) is 2.78. The van der Waals surface area contributed by atoms with Crippen molar-refractivity contribution in [3.63, 3.8) is 0 Å². The number of carbonyl (C=O) groups is 1. The summed E-state index contributed by atoms with van der Waals surface area (Å²) in [5, 5.41) is 8.98. The predicted molar refractivity (Wildman–Crippen MR) is 61.9 cm³/mol. The Morgan fingerprint density at radius 1 is 1.65 bits per heavy atom. The van der Waals surface area contributed by atoms with E-state index in [1.807, 2.05) is 0 Å². The maximum absolute atomic E-state index is 10.5.